The standard InChI is InChI=1S/C15H21NO2/c1-11(2)10-18-13-7-5-12(6-8-13)15(17)14-4-3-9-16-14/h5-8,11,14,16H,3-4,9-10H2,1-2H3. The first-order valence-electron chi connectivity index (χ1n) is 6.67. The Morgan fingerprint density at radius 1 is 1.39 bits per heavy atom. The van der Waals surface area contributed by atoms with Crippen LogP contribution in [-0.4, -0.2) is 25.0 Å². The van der Waals surface area contributed by atoms with Crippen LogP contribution in [-0.2, 0) is 0 Å². The van der Waals surface area contributed by atoms with Gasteiger partial charge in [-0.05, 0) is 49.6 Å². The molecule has 1 aliphatic rings. The topological polar surface area (TPSA) is 38.3 Å². The number of rotatable bonds is 5. The Kier molecular flexibility index (Phi) is 4.37. The van der Waals surface area contributed by atoms with Crippen LogP contribution in [0, 0.1) is 5.92 Å². The van der Waals surface area contributed by atoms with Gasteiger partial charge in [0.05, 0.1) is 12.6 Å². The van der Waals surface area contributed by atoms with Crippen molar-refractivity contribution in [2.45, 2.75) is 32.7 Å². The Labute approximate surface area is 109 Å². The number of ketones is 1. The van der Waals surface area contributed by atoms with Crippen LogP contribution in [0.3, 0.4) is 0 Å². The van der Waals surface area contributed by atoms with Crippen LogP contribution in [0.25, 0.3) is 0 Å². The van der Waals surface area contributed by atoms with Crippen LogP contribution in [0.4, 0.5) is 0 Å². The number of Topliss-reactive ketones (excluding diaryl/α,β-unsaturated/α-hetero) is 1. The minimum absolute atomic E-state index is 0.00688. The smallest absolute Gasteiger partial charge is 0.179 e. The quantitative estimate of drug-likeness (QED) is 0.813. The SMILES string of the molecule is CC(C)COc1ccc(C(=O)C2CCCN2)cc1. The van der Waals surface area contributed by atoms with E-state index in [4.69, 9.17) is 4.74 Å². The van der Waals surface area contributed by atoms with E-state index in [1.54, 1.807) is 0 Å². The summed E-state index contributed by atoms with van der Waals surface area (Å²) in [5.41, 5.74) is 0.770. The van der Waals surface area contributed by atoms with Gasteiger partial charge in [0.1, 0.15) is 5.75 Å². The van der Waals surface area contributed by atoms with E-state index in [0.717, 1.165) is 30.7 Å². The number of hydrogen-bond acceptors (Lipinski definition) is 3. The summed E-state index contributed by atoms with van der Waals surface area (Å²) in [5, 5.41) is 3.23. The normalized spacial score (nSPS) is 19.2. The fourth-order valence-corrected chi connectivity index (χ4v) is 2.09. The van der Waals surface area contributed by atoms with Crippen molar-refractivity contribution in [2.24, 2.45) is 5.92 Å². The van der Waals surface area contributed by atoms with Gasteiger partial charge < -0.3 is 10.1 Å². The zero-order chi connectivity index (χ0) is 13.0. The molecule has 18 heavy (non-hydrogen) atoms. The third-order valence-electron chi connectivity index (χ3n) is 3.10. The van der Waals surface area contributed by atoms with Crippen molar-refractivity contribution < 1.29 is 9.53 Å². The van der Waals surface area contributed by atoms with Gasteiger partial charge in [0.15, 0.2) is 5.78 Å². The molecule has 0 aromatic heterocycles. The van der Waals surface area contributed by atoms with Crippen molar-refractivity contribution in [2.75, 3.05) is 13.2 Å². The van der Waals surface area contributed by atoms with E-state index in [0.29, 0.717) is 12.5 Å². The molecule has 1 unspecified atom stereocenters. The molecule has 0 bridgehead atoms. The van der Waals surface area contributed by atoms with Gasteiger partial charge in [-0.25, -0.2) is 0 Å². The lowest BCUT2D eigenvalue weighted by Gasteiger charge is -2.11. The highest BCUT2D eigenvalue weighted by Gasteiger charge is 2.22. The average Bonchev–Trinajstić information content (AvgIpc) is 2.90. The fraction of sp³-hybridized carbons (Fsp3) is 0.533. The molecule has 1 aliphatic heterocycles. The van der Waals surface area contributed by atoms with Gasteiger partial charge in [-0.3, -0.25) is 4.79 Å². The Balaban J connectivity index is 1.96. The monoisotopic (exact) mass is 247 g/mol. The van der Waals surface area contributed by atoms with E-state index < -0.39 is 0 Å². The highest BCUT2D eigenvalue weighted by Crippen LogP contribution is 2.17. The van der Waals surface area contributed by atoms with Crippen LogP contribution in [0.15, 0.2) is 24.3 Å². The minimum Gasteiger partial charge on any atom is -0.493 e. The van der Waals surface area contributed by atoms with Crippen molar-refractivity contribution in [1.29, 1.82) is 0 Å². The first-order chi connectivity index (χ1) is 8.66. The van der Waals surface area contributed by atoms with Gasteiger partial charge in [-0.15, -0.1) is 0 Å². The number of carbonyl (C=O) groups excluding carboxylic acids is 1. The summed E-state index contributed by atoms with van der Waals surface area (Å²) >= 11 is 0. The first kappa shape index (κ1) is 13.1. The Bertz CT molecular complexity index is 391. The lowest BCUT2D eigenvalue weighted by atomic mass is 10.0. The molecule has 1 aromatic rings. The number of ether oxygens (including phenoxy) is 1. The predicted octanol–water partition coefficient (Wildman–Crippen LogP) is 2.66. The van der Waals surface area contributed by atoms with Crippen molar-refractivity contribution in [3.05, 3.63) is 29.8 Å². The third kappa shape index (κ3) is 3.33. The van der Waals surface area contributed by atoms with E-state index in [2.05, 4.69) is 19.2 Å². The summed E-state index contributed by atoms with van der Waals surface area (Å²) in [6.07, 6.45) is 2.04. The molecule has 1 saturated heterocycles. The van der Waals surface area contributed by atoms with E-state index >= 15 is 0 Å². The van der Waals surface area contributed by atoms with Gasteiger partial charge in [-0.2, -0.15) is 0 Å². The minimum atomic E-state index is 0.00688. The number of benzene rings is 1. The van der Waals surface area contributed by atoms with E-state index in [-0.39, 0.29) is 11.8 Å². The molecule has 1 aromatic carbocycles. The van der Waals surface area contributed by atoms with Gasteiger partial charge >= 0.3 is 0 Å². The average molecular weight is 247 g/mol. The highest BCUT2D eigenvalue weighted by molar-refractivity contribution is 6.00. The third-order valence-corrected chi connectivity index (χ3v) is 3.10. The largest absolute Gasteiger partial charge is 0.493 e. The second kappa shape index (κ2) is 6.01. The van der Waals surface area contributed by atoms with Gasteiger partial charge in [0.2, 0.25) is 0 Å². The summed E-state index contributed by atoms with van der Waals surface area (Å²) in [5.74, 6) is 1.54. The van der Waals surface area contributed by atoms with Gasteiger partial charge in [-0.1, -0.05) is 13.8 Å². The first-order valence-corrected chi connectivity index (χ1v) is 6.67. The molecular weight excluding hydrogens is 226 g/mol. The van der Waals surface area contributed by atoms with Crippen molar-refractivity contribution >= 4 is 5.78 Å². The molecule has 0 saturated carbocycles. The lowest BCUT2D eigenvalue weighted by molar-refractivity contribution is 0.0952. The summed E-state index contributed by atoms with van der Waals surface area (Å²) in [4.78, 5) is 12.1. The molecule has 2 rings (SSSR count). The van der Waals surface area contributed by atoms with Crippen LogP contribution >= 0.6 is 0 Å². The van der Waals surface area contributed by atoms with Crippen LogP contribution in [0.1, 0.15) is 37.0 Å². The van der Waals surface area contributed by atoms with Crippen LogP contribution in [0.5, 0.6) is 5.75 Å². The fourth-order valence-electron chi connectivity index (χ4n) is 2.09. The van der Waals surface area contributed by atoms with E-state index in [1.165, 1.54) is 0 Å². The molecule has 1 heterocycles. The Morgan fingerprint density at radius 2 is 2.11 bits per heavy atom. The van der Waals surface area contributed by atoms with Crippen LogP contribution < -0.4 is 10.1 Å². The maximum Gasteiger partial charge on any atom is 0.179 e. The zero-order valence-corrected chi connectivity index (χ0v) is 11.1. The number of hydrogen-bond donors (Lipinski definition) is 1. The second-order valence-corrected chi connectivity index (χ2v) is 5.24. The summed E-state index contributed by atoms with van der Waals surface area (Å²) in [6.45, 7) is 5.89. The van der Waals surface area contributed by atoms with E-state index in [1.807, 2.05) is 24.3 Å². The molecule has 3 nitrogen and oxygen atoms in total. The lowest BCUT2D eigenvalue weighted by Crippen LogP contribution is -2.30. The predicted molar refractivity (Wildman–Crippen MR) is 72.1 cm³/mol. The number of carbonyl (C=O) groups is 1. The van der Waals surface area contributed by atoms with Gasteiger partial charge in [0.25, 0.3) is 0 Å². The van der Waals surface area contributed by atoms with Crippen molar-refractivity contribution in [3.8, 4) is 5.75 Å². The molecule has 1 fully saturated rings. The molecule has 1 N–H and O–H groups in total. The van der Waals surface area contributed by atoms with Crippen molar-refractivity contribution in [3.63, 3.8) is 0 Å². The molecule has 3 heteroatoms. The highest BCUT2D eigenvalue weighted by atomic mass is 16.5. The molecule has 0 radical (unpaired) electrons. The number of nitrogens with one attached hydrogen (secondary N) is 1. The summed E-state index contributed by atoms with van der Waals surface area (Å²) < 4.78 is 5.60. The van der Waals surface area contributed by atoms with Gasteiger partial charge in [0, 0.05) is 5.56 Å². The van der Waals surface area contributed by atoms with E-state index in [9.17, 15) is 4.79 Å². The summed E-state index contributed by atoms with van der Waals surface area (Å²) in [7, 11) is 0. The molecule has 0 amide bonds. The summed E-state index contributed by atoms with van der Waals surface area (Å²) in [6, 6.07) is 7.48. The Hall–Kier alpha value is -1.35. The molecule has 0 spiro atoms. The molecule has 0 aliphatic carbocycles. The maximum atomic E-state index is 12.1. The molecule has 1 atom stereocenters. The molecule has 98 valence electrons. The van der Waals surface area contributed by atoms with Crippen molar-refractivity contribution in [1.82, 2.24) is 5.32 Å². The Morgan fingerprint density at radius 3 is 2.67 bits per heavy atom. The molecular formula is C15H21NO2. The maximum absolute atomic E-state index is 12.1. The second-order valence-electron chi connectivity index (χ2n) is 5.24. The van der Waals surface area contributed by atoms with Crippen LogP contribution in [0.2, 0.25) is 0 Å². The zero-order valence-electron chi connectivity index (χ0n) is 11.1.